The smallest absolute Gasteiger partial charge is 0.00199 e. The molecular weight excluding hydrogens is 697 g/mol. The molecule has 0 nitrogen and oxygen atoms in total. The van der Waals surface area contributed by atoms with E-state index in [0.717, 1.165) is 0 Å². The fourth-order valence-corrected chi connectivity index (χ4v) is 9.80. The zero-order valence-corrected chi connectivity index (χ0v) is 31.8. The van der Waals surface area contributed by atoms with Crippen molar-refractivity contribution in [2.45, 2.75) is 0 Å². The molecule has 0 atom stereocenters. The Balaban J connectivity index is 1.04. The Kier molecular flexibility index (Phi) is 7.33. The summed E-state index contributed by atoms with van der Waals surface area (Å²) in [6.07, 6.45) is 0. The molecule has 0 aliphatic heterocycles. The Hall–Kier alpha value is -7.54. The largest absolute Gasteiger partial charge is 0.0616 e. The molecule has 0 radical (unpaired) electrons. The van der Waals surface area contributed by atoms with Gasteiger partial charge in [0, 0.05) is 0 Å². The van der Waals surface area contributed by atoms with E-state index >= 15 is 0 Å². The van der Waals surface area contributed by atoms with Crippen LogP contribution < -0.4 is 0 Å². The Morgan fingerprint density at radius 1 is 0.190 bits per heavy atom. The van der Waals surface area contributed by atoms with Gasteiger partial charge in [0.05, 0.1) is 0 Å². The number of rotatable bonds is 4. The third-order valence-electron chi connectivity index (χ3n) is 12.4. The van der Waals surface area contributed by atoms with Gasteiger partial charge in [-0.05, 0) is 138 Å². The minimum atomic E-state index is 1.22. The minimum Gasteiger partial charge on any atom is -0.0616 e. The van der Waals surface area contributed by atoms with E-state index in [0.29, 0.717) is 0 Å². The predicted octanol–water partition coefficient (Wildman–Crippen LogP) is 16.4. The molecule has 0 aliphatic carbocycles. The quantitative estimate of drug-likeness (QED) is 0.125. The van der Waals surface area contributed by atoms with Crippen molar-refractivity contribution in [3.63, 3.8) is 0 Å². The Bertz CT molecular complexity index is 3550. The number of hydrogen-bond acceptors (Lipinski definition) is 0. The molecule has 0 fully saturated rings. The van der Waals surface area contributed by atoms with E-state index in [2.05, 4.69) is 218 Å². The second-order valence-electron chi connectivity index (χ2n) is 15.5. The fraction of sp³-hybridized carbons (Fsp3) is 0. The van der Waals surface area contributed by atoms with E-state index in [4.69, 9.17) is 0 Å². The van der Waals surface area contributed by atoms with Crippen LogP contribution in [0.1, 0.15) is 0 Å². The normalized spacial score (nSPS) is 11.8. The van der Waals surface area contributed by atoms with Gasteiger partial charge in [-0.2, -0.15) is 0 Å². The van der Waals surface area contributed by atoms with E-state index in [1.54, 1.807) is 0 Å². The monoisotopic (exact) mass is 732 g/mol. The summed E-state index contributed by atoms with van der Waals surface area (Å²) in [5.74, 6) is 0. The lowest BCUT2D eigenvalue weighted by Gasteiger charge is -2.19. The van der Waals surface area contributed by atoms with Crippen LogP contribution in [0.4, 0.5) is 0 Å². The third kappa shape index (κ3) is 5.02. The van der Waals surface area contributed by atoms with E-state index in [1.807, 2.05) is 0 Å². The molecular formula is C58H36. The molecule has 0 saturated carbocycles. The van der Waals surface area contributed by atoms with Crippen molar-refractivity contribution >= 4 is 75.4 Å². The van der Waals surface area contributed by atoms with Crippen molar-refractivity contribution in [3.05, 3.63) is 218 Å². The van der Waals surface area contributed by atoms with Crippen molar-refractivity contribution in [1.29, 1.82) is 0 Å². The van der Waals surface area contributed by atoms with Gasteiger partial charge in [-0.25, -0.2) is 0 Å². The molecule has 0 saturated heterocycles. The van der Waals surface area contributed by atoms with Crippen LogP contribution in [0.2, 0.25) is 0 Å². The van der Waals surface area contributed by atoms with Gasteiger partial charge in [0.25, 0.3) is 0 Å². The SMILES string of the molecule is c1cc(-c2ccc3ccccc3c2)cc(-c2c3ccccc3c(-c3ccc(-c4cc5c6ccccc6c6ccccc6c5c5ccccc45)cc3)c3ccccc23)c1. The van der Waals surface area contributed by atoms with Crippen molar-refractivity contribution in [2.24, 2.45) is 0 Å². The van der Waals surface area contributed by atoms with Gasteiger partial charge in [-0.15, -0.1) is 0 Å². The van der Waals surface area contributed by atoms with E-state index in [-0.39, 0.29) is 0 Å². The summed E-state index contributed by atoms with van der Waals surface area (Å²) in [6, 6.07) is 80.8. The maximum atomic E-state index is 2.44. The van der Waals surface area contributed by atoms with Crippen molar-refractivity contribution < 1.29 is 0 Å². The summed E-state index contributed by atoms with van der Waals surface area (Å²) in [5, 5.41) is 17.9. The molecule has 0 aliphatic rings. The predicted molar refractivity (Wildman–Crippen MR) is 251 cm³/mol. The minimum absolute atomic E-state index is 1.22. The lowest BCUT2D eigenvalue weighted by Crippen LogP contribution is -1.92. The lowest BCUT2D eigenvalue weighted by molar-refractivity contribution is 1.62. The summed E-state index contributed by atoms with van der Waals surface area (Å²) in [5.41, 5.74) is 9.91. The van der Waals surface area contributed by atoms with Crippen LogP contribution >= 0.6 is 0 Å². The first kappa shape index (κ1) is 32.7. The highest BCUT2D eigenvalue weighted by atomic mass is 14.2. The second kappa shape index (κ2) is 13.0. The van der Waals surface area contributed by atoms with E-state index < -0.39 is 0 Å². The second-order valence-corrected chi connectivity index (χ2v) is 15.5. The molecule has 0 N–H and O–H groups in total. The maximum absolute atomic E-state index is 2.44. The van der Waals surface area contributed by atoms with Crippen molar-refractivity contribution in [3.8, 4) is 44.5 Å². The van der Waals surface area contributed by atoms with Gasteiger partial charge < -0.3 is 0 Å². The molecule has 12 aromatic rings. The van der Waals surface area contributed by atoms with Gasteiger partial charge >= 0.3 is 0 Å². The molecule has 0 spiro atoms. The van der Waals surface area contributed by atoms with Crippen LogP contribution in [0.3, 0.4) is 0 Å². The lowest BCUT2D eigenvalue weighted by atomic mass is 9.84. The molecule has 0 amide bonds. The summed E-state index contributed by atoms with van der Waals surface area (Å²) >= 11 is 0. The molecule has 0 heterocycles. The molecule has 12 aromatic carbocycles. The van der Waals surface area contributed by atoms with E-state index in [1.165, 1.54) is 120 Å². The molecule has 0 bridgehead atoms. The highest BCUT2D eigenvalue weighted by molar-refractivity contribution is 6.33. The Morgan fingerprint density at radius 3 is 1.24 bits per heavy atom. The molecule has 0 unspecified atom stereocenters. The summed E-state index contributed by atoms with van der Waals surface area (Å²) in [4.78, 5) is 0. The van der Waals surface area contributed by atoms with Gasteiger partial charge in [0.1, 0.15) is 0 Å². The average Bonchev–Trinajstić information content (AvgIpc) is 3.30. The summed E-state index contributed by atoms with van der Waals surface area (Å²) in [7, 11) is 0. The zero-order chi connectivity index (χ0) is 38.2. The Morgan fingerprint density at radius 2 is 0.603 bits per heavy atom. The third-order valence-corrected chi connectivity index (χ3v) is 12.4. The van der Waals surface area contributed by atoms with Crippen molar-refractivity contribution in [2.75, 3.05) is 0 Å². The zero-order valence-electron chi connectivity index (χ0n) is 31.8. The van der Waals surface area contributed by atoms with Crippen LogP contribution in [-0.4, -0.2) is 0 Å². The highest BCUT2D eigenvalue weighted by Gasteiger charge is 2.19. The standard InChI is InChI=1S/C58H36/c1-2-15-40-34-42(33-28-37(40)14-1)41-16-13-17-43(35-41)57-52-26-11-9-24-50(52)56(51-25-10-12-27-53(51)57)39-31-29-38(30-32-39)54-36-55-46-20-4-3-18-44(46)45-19-5-7-22-48(45)58(55)49-23-8-6-21-47(49)54/h1-36H. The number of benzene rings is 12. The first-order chi connectivity index (χ1) is 28.8. The van der Waals surface area contributed by atoms with Crippen LogP contribution in [-0.2, 0) is 0 Å². The first-order valence-corrected chi connectivity index (χ1v) is 20.2. The van der Waals surface area contributed by atoms with Crippen LogP contribution in [0.5, 0.6) is 0 Å². The molecule has 0 aromatic heterocycles. The summed E-state index contributed by atoms with van der Waals surface area (Å²) in [6.45, 7) is 0. The average molecular weight is 733 g/mol. The fourth-order valence-electron chi connectivity index (χ4n) is 9.80. The molecule has 0 heteroatoms. The highest BCUT2D eigenvalue weighted by Crippen LogP contribution is 2.46. The van der Waals surface area contributed by atoms with Gasteiger partial charge in [0.2, 0.25) is 0 Å². The van der Waals surface area contributed by atoms with Gasteiger partial charge in [-0.1, -0.05) is 200 Å². The Labute approximate surface area is 336 Å². The molecule has 268 valence electrons. The van der Waals surface area contributed by atoms with Gasteiger partial charge in [0.15, 0.2) is 0 Å². The topological polar surface area (TPSA) is 0 Å². The number of fused-ring (bicyclic) bond motifs is 11. The molecule has 12 rings (SSSR count). The molecule has 58 heavy (non-hydrogen) atoms. The van der Waals surface area contributed by atoms with Crippen molar-refractivity contribution in [1.82, 2.24) is 0 Å². The van der Waals surface area contributed by atoms with Crippen LogP contribution in [0, 0.1) is 0 Å². The number of hydrogen-bond donors (Lipinski definition) is 0. The first-order valence-electron chi connectivity index (χ1n) is 20.2. The summed E-state index contributed by atoms with van der Waals surface area (Å²) < 4.78 is 0. The maximum Gasteiger partial charge on any atom is -0.00199 e. The van der Waals surface area contributed by atoms with E-state index in [9.17, 15) is 0 Å². The van der Waals surface area contributed by atoms with Gasteiger partial charge in [-0.3, -0.25) is 0 Å². The van der Waals surface area contributed by atoms with Crippen LogP contribution in [0.25, 0.3) is 120 Å². The van der Waals surface area contributed by atoms with Crippen LogP contribution in [0.15, 0.2) is 218 Å².